The highest BCUT2D eigenvalue weighted by atomic mass is 16.5. The SMILES string of the molecule is N#Cc1ccc(C(=O)NCCCOCC2CCCO2)cc1. The van der Waals surface area contributed by atoms with Gasteiger partial charge in [-0.1, -0.05) is 0 Å². The van der Waals surface area contributed by atoms with Crippen LogP contribution >= 0.6 is 0 Å². The quantitative estimate of drug-likeness (QED) is 0.778. The number of hydrogen-bond acceptors (Lipinski definition) is 4. The number of nitrogens with one attached hydrogen (secondary N) is 1. The highest BCUT2D eigenvalue weighted by molar-refractivity contribution is 5.94. The minimum absolute atomic E-state index is 0.126. The molecule has 1 aliphatic heterocycles. The van der Waals surface area contributed by atoms with E-state index in [2.05, 4.69) is 5.32 Å². The molecule has 1 aliphatic rings. The van der Waals surface area contributed by atoms with Gasteiger partial charge in [0.15, 0.2) is 0 Å². The summed E-state index contributed by atoms with van der Waals surface area (Å²) in [7, 11) is 0. The molecule has 5 nitrogen and oxygen atoms in total. The molecule has 1 amide bonds. The van der Waals surface area contributed by atoms with Crippen molar-refractivity contribution < 1.29 is 14.3 Å². The van der Waals surface area contributed by atoms with Crippen molar-refractivity contribution in [2.45, 2.75) is 25.4 Å². The second-order valence-electron chi connectivity index (χ2n) is 5.01. The van der Waals surface area contributed by atoms with Crippen molar-refractivity contribution in [1.82, 2.24) is 5.32 Å². The van der Waals surface area contributed by atoms with E-state index in [-0.39, 0.29) is 12.0 Å². The maximum Gasteiger partial charge on any atom is 0.251 e. The molecule has 0 aliphatic carbocycles. The minimum Gasteiger partial charge on any atom is -0.379 e. The Morgan fingerprint density at radius 2 is 2.24 bits per heavy atom. The van der Waals surface area contributed by atoms with Crippen molar-refractivity contribution >= 4 is 5.91 Å². The van der Waals surface area contributed by atoms with E-state index in [4.69, 9.17) is 14.7 Å². The zero-order valence-corrected chi connectivity index (χ0v) is 12.0. The van der Waals surface area contributed by atoms with Crippen LogP contribution in [0.5, 0.6) is 0 Å². The monoisotopic (exact) mass is 288 g/mol. The molecule has 0 saturated carbocycles. The summed E-state index contributed by atoms with van der Waals surface area (Å²) in [6, 6.07) is 8.61. The lowest BCUT2D eigenvalue weighted by Crippen LogP contribution is -2.25. The van der Waals surface area contributed by atoms with Crippen LogP contribution in [0, 0.1) is 11.3 Å². The van der Waals surface area contributed by atoms with Gasteiger partial charge in [0.1, 0.15) is 0 Å². The molecule has 21 heavy (non-hydrogen) atoms. The molecule has 1 unspecified atom stereocenters. The minimum atomic E-state index is -0.126. The number of nitriles is 1. The van der Waals surface area contributed by atoms with Gasteiger partial charge in [0.05, 0.1) is 24.3 Å². The third kappa shape index (κ3) is 5.18. The van der Waals surface area contributed by atoms with Crippen molar-refractivity contribution in [2.24, 2.45) is 0 Å². The molecule has 0 spiro atoms. The largest absolute Gasteiger partial charge is 0.379 e. The summed E-state index contributed by atoms with van der Waals surface area (Å²) < 4.78 is 11.0. The van der Waals surface area contributed by atoms with Crippen LogP contribution in [0.2, 0.25) is 0 Å². The smallest absolute Gasteiger partial charge is 0.251 e. The number of rotatable bonds is 7. The first kappa shape index (κ1) is 15.5. The Morgan fingerprint density at radius 3 is 2.90 bits per heavy atom. The molecule has 1 heterocycles. The summed E-state index contributed by atoms with van der Waals surface area (Å²) in [5.74, 6) is -0.126. The van der Waals surface area contributed by atoms with Gasteiger partial charge in [-0.15, -0.1) is 0 Å². The van der Waals surface area contributed by atoms with Crippen LogP contribution in [-0.2, 0) is 9.47 Å². The predicted octanol–water partition coefficient (Wildman–Crippen LogP) is 1.87. The molecular weight excluding hydrogens is 268 g/mol. The van der Waals surface area contributed by atoms with Crippen LogP contribution in [0.25, 0.3) is 0 Å². The van der Waals surface area contributed by atoms with Gasteiger partial charge in [-0.05, 0) is 43.5 Å². The first-order chi connectivity index (χ1) is 10.3. The van der Waals surface area contributed by atoms with E-state index in [1.165, 1.54) is 0 Å². The summed E-state index contributed by atoms with van der Waals surface area (Å²) in [6.45, 7) is 2.68. The normalized spacial score (nSPS) is 17.4. The van der Waals surface area contributed by atoms with Gasteiger partial charge in [-0.25, -0.2) is 0 Å². The van der Waals surface area contributed by atoms with Crippen LogP contribution in [0.1, 0.15) is 35.2 Å². The molecule has 0 aromatic heterocycles. The molecule has 2 rings (SSSR count). The van der Waals surface area contributed by atoms with Crippen molar-refractivity contribution in [3.8, 4) is 6.07 Å². The molecule has 1 fully saturated rings. The predicted molar refractivity (Wildman–Crippen MR) is 77.9 cm³/mol. The Balaban J connectivity index is 1.57. The number of carbonyl (C=O) groups is 1. The first-order valence-electron chi connectivity index (χ1n) is 7.27. The van der Waals surface area contributed by atoms with Gasteiger partial charge >= 0.3 is 0 Å². The first-order valence-corrected chi connectivity index (χ1v) is 7.27. The van der Waals surface area contributed by atoms with Gasteiger partial charge < -0.3 is 14.8 Å². The molecule has 1 aromatic rings. The molecule has 1 N–H and O–H groups in total. The highest BCUT2D eigenvalue weighted by Gasteiger charge is 2.14. The zero-order valence-electron chi connectivity index (χ0n) is 12.0. The van der Waals surface area contributed by atoms with Crippen molar-refractivity contribution in [3.05, 3.63) is 35.4 Å². The van der Waals surface area contributed by atoms with E-state index in [1.807, 2.05) is 6.07 Å². The summed E-state index contributed by atoms with van der Waals surface area (Å²) in [6.07, 6.45) is 3.22. The Hall–Kier alpha value is -1.90. The molecule has 0 bridgehead atoms. The second-order valence-corrected chi connectivity index (χ2v) is 5.01. The Kier molecular flexibility index (Phi) is 6.20. The average molecular weight is 288 g/mol. The van der Waals surface area contributed by atoms with E-state index in [0.717, 1.165) is 25.9 Å². The Labute approximate surface area is 124 Å². The summed E-state index contributed by atoms with van der Waals surface area (Å²) in [5.41, 5.74) is 1.11. The number of carbonyl (C=O) groups excluding carboxylic acids is 1. The fourth-order valence-corrected chi connectivity index (χ4v) is 2.16. The van der Waals surface area contributed by atoms with Crippen molar-refractivity contribution in [3.63, 3.8) is 0 Å². The molecule has 5 heteroatoms. The average Bonchev–Trinajstić information content (AvgIpc) is 3.04. The van der Waals surface area contributed by atoms with Crippen LogP contribution in [-0.4, -0.2) is 38.4 Å². The molecule has 1 aromatic carbocycles. The Bertz CT molecular complexity index is 487. The molecule has 0 radical (unpaired) electrons. The number of amides is 1. The topological polar surface area (TPSA) is 71.4 Å². The maximum atomic E-state index is 11.8. The number of benzene rings is 1. The summed E-state index contributed by atoms with van der Waals surface area (Å²) in [4.78, 5) is 11.8. The van der Waals surface area contributed by atoms with Gasteiger partial charge in [0, 0.05) is 25.3 Å². The zero-order chi connectivity index (χ0) is 14.9. The third-order valence-corrected chi connectivity index (χ3v) is 3.35. The van der Waals surface area contributed by atoms with Gasteiger partial charge in [-0.2, -0.15) is 5.26 Å². The van der Waals surface area contributed by atoms with E-state index >= 15 is 0 Å². The van der Waals surface area contributed by atoms with Crippen LogP contribution in [0.15, 0.2) is 24.3 Å². The molecule has 1 atom stereocenters. The number of nitrogens with zero attached hydrogens (tertiary/aromatic N) is 1. The lowest BCUT2D eigenvalue weighted by molar-refractivity contribution is 0.0166. The van der Waals surface area contributed by atoms with Crippen LogP contribution < -0.4 is 5.32 Å². The fourth-order valence-electron chi connectivity index (χ4n) is 2.16. The molecule has 112 valence electrons. The Morgan fingerprint density at radius 1 is 1.43 bits per heavy atom. The third-order valence-electron chi connectivity index (χ3n) is 3.35. The molecule has 1 saturated heterocycles. The summed E-state index contributed by atoms with van der Waals surface area (Å²) >= 11 is 0. The van der Waals surface area contributed by atoms with Gasteiger partial charge in [-0.3, -0.25) is 4.79 Å². The van der Waals surface area contributed by atoms with E-state index in [1.54, 1.807) is 24.3 Å². The maximum absolute atomic E-state index is 11.8. The van der Waals surface area contributed by atoms with Gasteiger partial charge in [0.2, 0.25) is 0 Å². The lowest BCUT2D eigenvalue weighted by Gasteiger charge is -2.10. The van der Waals surface area contributed by atoms with Crippen molar-refractivity contribution in [1.29, 1.82) is 5.26 Å². The number of hydrogen-bond donors (Lipinski definition) is 1. The highest BCUT2D eigenvalue weighted by Crippen LogP contribution is 2.11. The lowest BCUT2D eigenvalue weighted by atomic mass is 10.1. The summed E-state index contributed by atoms with van der Waals surface area (Å²) in [5, 5.41) is 11.5. The van der Waals surface area contributed by atoms with Crippen LogP contribution in [0.4, 0.5) is 0 Å². The standard InChI is InChI=1S/C16H20N2O3/c17-11-13-4-6-14(7-5-13)16(19)18-8-2-9-20-12-15-3-1-10-21-15/h4-7,15H,1-3,8-10,12H2,(H,18,19). The van der Waals surface area contributed by atoms with E-state index in [9.17, 15) is 4.79 Å². The molecular formula is C16H20N2O3. The van der Waals surface area contributed by atoms with E-state index < -0.39 is 0 Å². The second kappa shape index (κ2) is 8.40. The fraction of sp³-hybridized carbons (Fsp3) is 0.500. The van der Waals surface area contributed by atoms with E-state index in [0.29, 0.717) is 30.9 Å². The van der Waals surface area contributed by atoms with Crippen LogP contribution in [0.3, 0.4) is 0 Å². The van der Waals surface area contributed by atoms with Gasteiger partial charge in [0.25, 0.3) is 5.91 Å². The van der Waals surface area contributed by atoms with Crippen molar-refractivity contribution in [2.75, 3.05) is 26.4 Å². The number of ether oxygens (including phenoxy) is 2.